The van der Waals surface area contributed by atoms with Gasteiger partial charge in [-0.1, -0.05) is 19.3 Å². The molecule has 1 aromatic carbocycles. The normalized spacial score (nSPS) is 16.4. The maximum absolute atomic E-state index is 14.4. The van der Waals surface area contributed by atoms with E-state index in [1.807, 2.05) is 4.57 Å². The minimum Gasteiger partial charge on any atom is -0.335 e. The first-order valence-corrected chi connectivity index (χ1v) is 12.7. The smallest absolute Gasteiger partial charge is 0.335 e. The van der Waals surface area contributed by atoms with Gasteiger partial charge in [-0.2, -0.15) is 23.2 Å². The van der Waals surface area contributed by atoms with Crippen LogP contribution >= 0.6 is 0 Å². The first kappa shape index (κ1) is 25.1. The van der Waals surface area contributed by atoms with Gasteiger partial charge in [0.2, 0.25) is 10.0 Å². The van der Waals surface area contributed by atoms with Crippen molar-refractivity contribution in [3.63, 3.8) is 0 Å². The molecule has 0 radical (unpaired) electrons. The van der Waals surface area contributed by atoms with Crippen molar-refractivity contribution >= 4 is 20.9 Å². The lowest BCUT2D eigenvalue weighted by Crippen LogP contribution is -2.42. The fourth-order valence-electron chi connectivity index (χ4n) is 4.56. The first-order valence-electron chi connectivity index (χ1n) is 11.2. The molecule has 1 saturated carbocycles. The number of hydrogen-bond acceptors (Lipinski definition) is 4. The summed E-state index contributed by atoms with van der Waals surface area (Å²) in [5.74, 6) is -0.444. The second-order valence-corrected chi connectivity index (χ2v) is 10.6. The van der Waals surface area contributed by atoms with Crippen LogP contribution in [0.3, 0.4) is 0 Å². The molecule has 1 aliphatic rings. The van der Waals surface area contributed by atoms with Gasteiger partial charge in [0.1, 0.15) is 22.8 Å². The third-order valence-corrected chi connectivity index (χ3v) is 7.97. The van der Waals surface area contributed by atoms with Crippen LogP contribution in [0.15, 0.2) is 35.4 Å². The molecule has 3 aromatic rings. The molecule has 1 fully saturated rings. The molecule has 11 heteroatoms. The fourth-order valence-corrected chi connectivity index (χ4v) is 5.74. The van der Waals surface area contributed by atoms with Gasteiger partial charge in [0, 0.05) is 17.6 Å². The van der Waals surface area contributed by atoms with Crippen LogP contribution in [0, 0.1) is 24.1 Å². The van der Waals surface area contributed by atoms with Crippen molar-refractivity contribution < 1.29 is 26.0 Å². The van der Waals surface area contributed by atoms with Crippen LogP contribution in [0.1, 0.15) is 56.2 Å². The Balaban J connectivity index is 1.84. The van der Waals surface area contributed by atoms with Gasteiger partial charge in [-0.05, 0) is 56.5 Å². The van der Waals surface area contributed by atoms with Crippen molar-refractivity contribution in [2.45, 2.75) is 69.1 Å². The minimum atomic E-state index is -4.74. The molecule has 6 nitrogen and oxygen atoms in total. The van der Waals surface area contributed by atoms with Crippen LogP contribution in [0.25, 0.3) is 22.3 Å². The van der Waals surface area contributed by atoms with Crippen LogP contribution in [0.5, 0.6) is 0 Å². The Hall–Kier alpha value is -2.97. The predicted molar refractivity (Wildman–Crippen MR) is 123 cm³/mol. The van der Waals surface area contributed by atoms with Crippen molar-refractivity contribution in [1.29, 1.82) is 5.26 Å². The van der Waals surface area contributed by atoms with E-state index in [1.165, 1.54) is 12.1 Å². The molecule has 1 aliphatic carbocycles. The maximum atomic E-state index is 14.4. The summed E-state index contributed by atoms with van der Waals surface area (Å²) < 4.78 is 81.4. The Morgan fingerprint density at radius 1 is 1.20 bits per heavy atom. The van der Waals surface area contributed by atoms with E-state index in [0.717, 1.165) is 44.4 Å². The van der Waals surface area contributed by atoms with Crippen molar-refractivity contribution in [1.82, 2.24) is 14.3 Å². The van der Waals surface area contributed by atoms with Gasteiger partial charge in [-0.3, -0.25) is 4.98 Å². The molecule has 35 heavy (non-hydrogen) atoms. The summed E-state index contributed by atoms with van der Waals surface area (Å²) in [5.41, 5.74) is 2.07. The summed E-state index contributed by atoms with van der Waals surface area (Å²) in [6.45, 7) is 2.35. The van der Waals surface area contributed by atoms with E-state index in [9.17, 15) is 31.2 Å². The minimum absolute atomic E-state index is 0.0488. The Morgan fingerprint density at radius 3 is 2.46 bits per heavy atom. The lowest BCUT2D eigenvalue weighted by molar-refractivity contribution is -0.147. The topological polar surface area (TPSA) is 87.8 Å². The number of aryl methyl sites for hydroxylation is 1. The number of nitrogens with one attached hydrogen (secondary N) is 1. The summed E-state index contributed by atoms with van der Waals surface area (Å²) in [5, 5.41) is 10.4. The van der Waals surface area contributed by atoms with E-state index >= 15 is 0 Å². The number of pyridine rings is 1. The van der Waals surface area contributed by atoms with E-state index in [4.69, 9.17) is 0 Å². The zero-order valence-electron chi connectivity index (χ0n) is 19.2. The van der Waals surface area contributed by atoms with Crippen molar-refractivity contribution in [2.75, 3.05) is 0 Å². The summed E-state index contributed by atoms with van der Waals surface area (Å²) in [6.07, 6.45) is 1.05. The highest BCUT2D eigenvalue weighted by atomic mass is 32.2. The molecule has 0 amide bonds. The van der Waals surface area contributed by atoms with Crippen LogP contribution in [-0.2, 0) is 10.0 Å². The van der Waals surface area contributed by atoms with E-state index in [0.29, 0.717) is 29.1 Å². The van der Waals surface area contributed by atoms with Crippen molar-refractivity contribution in [3.8, 4) is 17.5 Å². The fraction of sp³-hybridized carbons (Fsp3) is 0.417. The number of halogens is 4. The first-order chi connectivity index (χ1) is 16.4. The van der Waals surface area contributed by atoms with Gasteiger partial charge in [0.15, 0.2) is 0 Å². The number of nitriles is 1. The largest absolute Gasteiger partial charge is 0.404 e. The van der Waals surface area contributed by atoms with E-state index in [1.54, 1.807) is 17.7 Å². The summed E-state index contributed by atoms with van der Waals surface area (Å²) in [6, 6.07) is 5.47. The Morgan fingerprint density at radius 2 is 1.89 bits per heavy atom. The van der Waals surface area contributed by atoms with Gasteiger partial charge in [0.05, 0.1) is 22.5 Å². The second-order valence-electron chi connectivity index (χ2n) is 8.88. The van der Waals surface area contributed by atoms with Gasteiger partial charge >= 0.3 is 6.18 Å². The average molecular weight is 509 g/mol. The third kappa shape index (κ3) is 4.77. The van der Waals surface area contributed by atoms with Crippen LogP contribution < -0.4 is 4.72 Å². The molecule has 4 rings (SSSR count). The Labute approximate surface area is 200 Å². The molecule has 0 aliphatic heterocycles. The average Bonchev–Trinajstić information content (AvgIpc) is 3.12. The van der Waals surface area contributed by atoms with Gasteiger partial charge < -0.3 is 4.57 Å². The maximum Gasteiger partial charge on any atom is 0.404 e. The van der Waals surface area contributed by atoms with Crippen molar-refractivity contribution in [3.05, 3.63) is 47.4 Å². The Kier molecular flexibility index (Phi) is 6.64. The molecule has 2 heterocycles. The van der Waals surface area contributed by atoms with E-state index in [2.05, 4.69) is 11.1 Å². The molecule has 1 atom stereocenters. The predicted octanol–water partition coefficient (Wildman–Crippen LogP) is 5.76. The number of nitrogens with zero attached hydrogens (tertiary/aromatic N) is 3. The monoisotopic (exact) mass is 508 g/mol. The number of sulfonamides is 1. The number of fused-ring (bicyclic) bond motifs is 1. The molecular weight excluding hydrogens is 484 g/mol. The SMILES string of the molecule is Cc1cc2c(cc1F)c(C#N)c(-c1ccc(S(=O)(=O)N[C@H](C)C(F)(F)F)cn1)n2C1CCCCC1. The number of rotatable bonds is 5. The molecule has 1 N–H and O–H groups in total. The van der Waals surface area contributed by atoms with Gasteiger partial charge in [-0.25, -0.2) is 12.8 Å². The summed E-state index contributed by atoms with van der Waals surface area (Å²) >= 11 is 0. The van der Waals surface area contributed by atoms with Gasteiger partial charge in [-0.15, -0.1) is 0 Å². The highest BCUT2D eigenvalue weighted by Crippen LogP contribution is 2.40. The zero-order valence-corrected chi connectivity index (χ0v) is 20.0. The third-order valence-electron chi connectivity index (χ3n) is 6.45. The highest BCUT2D eigenvalue weighted by Gasteiger charge is 2.39. The molecule has 0 saturated heterocycles. The molecule has 0 spiro atoms. The second kappa shape index (κ2) is 9.24. The lowest BCUT2D eigenvalue weighted by atomic mass is 9.95. The number of aromatic nitrogens is 2. The zero-order chi connectivity index (χ0) is 25.5. The van der Waals surface area contributed by atoms with Crippen molar-refractivity contribution in [2.24, 2.45) is 0 Å². The number of benzene rings is 1. The highest BCUT2D eigenvalue weighted by molar-refractivity contribution is 7.89. The molecule has 0 bridgehead atoms. The lowest BCUT2D eigenvalue weighted by Gasteiger charge is -2.26. The molecule has 2 aromatic heterocycles. The van der Waals surface area contributed by atoms with Crippen LogP contribution in [0.4, 0.5) is 17.6 Å². The quantitative estimate of drug-likeness (QED) is 0.444. The molecular formula is C24H24F4N4O2S. The Bertz CT molecular complexity index is 1400. The standard InChI is InChI=1S/C24H24F4N4O2S/c1-14-10-22-18(11-20(14)25)19(12-29)23(32(22)16-6-4-3-5-7-16)21-9-8-17(13-30-21)35(33,34)31-15(2)24(26,27)28/h8-11,13,15-16,31H,3-7H2,1-2H3/t15-/m1/s1. The molecule has 0 unspecified atom stereocenters. The van der Waals surface area contributed by atoms with E-state index in [-0.39, 0.29) is 17.3 Å². The van der Waals surface area contributed by atoms with E-state index < -0.39 is 33.0 Å². The van der Waals surface area contributed by atoms with Crippen LogP contribution in [0.2, 0.25) is 0 Å². The number of hydrogen-bond donors (Lipinski definition) is 1. The summed E-state index contributed by atoms with van der Waals surface area (Å²) in [4.78, 5) is 3.79. The van der Waals surface area contributed by atoms with Gasteiger partial charge in [0.25, 0.3) is 0 Å². The molecule has 186 valence electrons. The van der Waals surface area contributed by atoms with Crippen LogP contribution in [-0.4, -0.2) is 30.2 Å². The number of alkyl halides is 3. The summed E-state index contributed by atoms with van der Waals surface area (Å²) in [7, 11) is -4.48.